The van der Waals surface area contributed by atoms with Crippen LogP contribution in [0.25, 0.3) is 0 Å². The van der Waals surface area contributed by atoms with E-state index in [9.17, 15) is 14.4 Å². The third-order valence-corrected chi connectivity index (χ3v) is 3.19. The lowest BCUT2D eigenvalue weighted by Crippen LogP contribution is -2.43. The zero-order chi connectivity index (χ0) is 18.2. The average molecular weight is 342 g/mol. The molecule has 0 unspecified atom stereocenters. The minimum absolute atomic E-state index is 0.264. The van der Waals surface area contributed by atoms with Crippen molar-refractivity contribution in [1.29, 1.82) is 0 Å². The number of nitrogens with one attached hydrogen (secondary N) is 2. The fraction of sp³-hybridized carbons (Fsp3) is 0.167. The zero-order valence-corrected chi connectivity index (χ0v) is 13.8. The van der Waals surface area contributed by atoms with Gasteiger partial charge in [0.25, 0.3) is 5.91 Å². The van der Waals surface area contributed by atoms with Gasteiger partial charge in [-0.15, -0.1) is 0 Å². The van der Waals surface area contributed by atoms with Crippen molar-refractivity contribution < 1.29 is 23.9 Å². The van der Waals surface area contributed by atoms with E-state index in [1.165, 1.54) is 26.1 Å². The summed E-state index contributed by atoms with van der Waals surface area (Å²) in [7, 11) is 1.37. The molecule has 0 aliphatic carbocycles. The number of ether oxygens (including phenoxy) is 2. The Bertz CT molecular complexity index is 744. The number of amides is 3. The number of carbonyl (C=O) groups excluding carboxylic acids is 3. The minimum Gasteiger partial charge on any atom is -0.457 e. The van der Waals surface area contributed by atoms with E-state index in [2.05, 4.69) is 5.32 Å². The first-order valence-corrected chi connectivity index (χ1v) is 7.56. The number of esters is 1. The van der Waals surface area contributed by atoms with Crippen LogP contribution in [-0.2, 0) is 9.53 Å². The normalized spacial score (nSPS) is 11.1. The Labute approximate surface area is 144 Å². The molecule has 0 aromatic heterocycles. The lowest BCUT2D eigenvalue weighted by molar-refractivity contribution is -0.127. The first-order chi connectivity index (χ1) is 12.0. The molecule has 0 saturated carbocycles. The van der Waals surface area contributed by atoms with Crippen LogP contribution in [0.1, 0.15) is 17.3 Å². The predicted molar refractivity (Wildman–Crippen MR) is 90.4 cm³/mol. The fourth-order valence-corrected chi connectivity index (χ4v) is 1.84. The Morgan fingerprint density at radius 2 is 1.52 bits per heavy atom. The molecule has 0 spiro atoms. The third kappa shape index (κ3) is 5.35. The number of rotatable bonds is 5. The molecule has 7 nitrogen and oxygen atoms in total. The average Bonchev–Trinajstić information content (AvgIpc) is 2.62. The van der Waals surface area contributed by atoms with Crippen molar-refractivity contribution in [3.63, 3.8) is 0 Å². The highest BCUT2D eigenvalue weighted by atomic mass is 16.5. The second kappa shape index (κ2) is 8.49. The SMILES string of the molecule is CNC(=O)NC(=O)[C@H](C)OC(=O)c1ccc(Oc2ccccc2)cc1. The van der Waals surface area contributed by atoms with Gasteiger partial charge in [-0.3, -0.25) is 10.1 Å². The molecule has 0 bridgehead atoms. The van der Waals surface area contributed by atoms with Crippen LogP contribution in [0.5, 0.6) is 11.5 Å². The van der Waals surface area contributed by atoms with Crippen molar-refractivity contribution in [2.75, 3.05) is 7.05 Å². The first-order valence-electron chi connectivity index (χ1n) is 7.56. The second-order valence-corrected chi connectivity index (χ2v) is 5.06. The highest BCUT2D eigenvalue weighted by Crippen LogP contribution is 2.21. The van der Waals surface area contributed by atoms with Crippen LogP contribution in [0.3, 0.4) is 0 Å². The quantitative estimate of drug-likeness (QED) is 0.814. The van der Waals surface area contributed by atoms with Crippen LogP contribution in [0, 0.1) is 0 Å². The Kier molecular flexibility index (Phi) is 6.11. The number of benzene rings is 2. The van der Waals surface area contributed by atoms with Crippen LogP contribution >= 0.6 is 0 Å². The van der Waals surface area contributed by atoms with Gasteiger partial charge in [-0.1, -0.05) is 18.2 Å². The smallest absolute Gasteiger partial charge is 0.338 e. The van der Waals surface area contributed by atoms with E-state index in [4.69, 9.17) is 9.47 Å². The zero-order valence-electron chi connectivity index (χ0n) is 13.8. The molecule has 2 N–H and O–H groups in total. The van der Waals surface area contributed by atoms with E-state index in [0.29, 0.717) is 11.5 Å². The van der Waals surface area contributed by atoms with E-state index in [1.807, 2.05) is 35.6 Å². The van der Waals surface area contributed by atoms with Crippen LogP contribution in [-0.4, -0.2) is 31.1 Å². The van der Waals surface area contributed by atoms with Crippen molar-refractivity contribution in [3.05, 3.63) is 60.2 Å². The fourth-order valence-electron chi connectivity index (χ4n) is 1.84. The molecule has 130 valence electrons. The monoisotopic (exact) mass is 342 g/mol. The van der Waals surface area contributed by atoms with Crippen LogP contribution < -0.4 is 15.4 Å². The molecule has 7 heteroatoms. The van der Waals surface area contributed by atoms with Gasteiger partial charge >= 0.3 is 12.0 Å². The number of imide groups is 1. The molecule has 2 rings (SSSR count). The van der Waals surface area contributed by atoms with E-state index >= 15 is 0 Å². The van der Waals surface area contributed by atoms with Gasteiger partial charge in [0.2, 0.25) is 0 Å². The Morgan fingerprint density at radius 3 is 2.12 bits per heavy atom. The Hall–Kier alpha value is -3.35. The molecule has 2 aromatic carbocycles. The van der Waals surface area contributed by atoms with Gasteiger partial charge in [-0.05, 0) is 43.3 Å². The van der Waals surface area contributed by atoms with Gasteiger partial charge in [0, 0.05) is 7.05 Å². The maximum absolute atomic E-state index is 12.0. The molecule has 0 aliphatic rings. The van der Waals surface area contributed by atoms with Crippen LogP contribution in [0.15, 0.2) is 54.6 Å². The van der Waals surface area contributed by atoms with Crippen molar-refractivity contribution in [2.45, 2.75) is 13.0 Å². The van der Waals surface area contributed by atoms with Gasteiger partial charge in [0.1, 0.15) is 11.5 Å². The summed E-state index contributed by atoms with van der Waals surface area (Å²) in [6.07, 6.45) is -1.11. The Balaban J connectivity index is 1.93. The summed E-state index contributed by atoms with van der Waals surface area (Å²) in [6, 6.07) is 14.9. The van der Waals surface area contributed by atoms with Gasteiger partial charge in [0.15, 0.2) is 6.10 Å². The summed E-state index contributed by atoms with van der Waals surface area (Å²) in [5.41, 5.74) is 0.264. The molecule has 0 radical (unpaired) electrons. The number of hydrogen-bond donors (Lipinski definition) is 2. The van der Waals surface area contributed by atoms with Crippen LogP contribution in [0.4, 0.5) is 4.79 Å². The van der Waals surface area contributed by atoms with Gasteiger partial charge in [-0.25, -0.2) is 9.59 Å². The number of hydrogen-bond acceptors (Lipinski definition) is 5. The minimum atomic E-state index is -1.11. The highest BCUT2D eigenvalue weighted by Gasteiger charge is 2.20. The van der Waals surface area contributed by atoms with E-state index < -0.39 is 24.0 Å². The summed E-state index contributed by atoms with van der Waals surface area (Å²) in [6.45, 7) is 1.38. The van der Waals surface area contributed by atoms with Crippen molar-refractivity contribution in [3.8, 4) is 11.5 Å². The molecular weight excluding hydrogens is 324 g/mol. The number of urea groups is 1. The van der Waals surface area contributed by atoms with E-state index in [-0.39, 0.29) is 5.56 Å². The van der Waals surface area contributed by atoms with Gasteiger partial charge in [0.05, 0.1) is 5.56 Å². The van der Waals surface area contributed by atoms with Crippen molar-refractivity contribution in [2.24, 2.45) is 0 Å². The summed E-state index contributed by atoms with van der Waals surface area (Å²) in [5.74, 6) is -0.145. The Morgan fingerprint density at radius 1 is 0.920 bits per heavy atom. The lowest BCUT2D eigenvalue weighted by atomic mass is 10.2. The van der Waals surface area contributed by atoms with Gasteiger partial charge in [-0.2, -0.15) is 0 Å². The number of carbonyl (C=O) groups is 3. The second-order valence-electron chi connectivity index (χ2n) is 5.06. The molecule has 2 aromatic rings. The van der Waals surface area contributed by atoms with E-state index in [0.717, 1.165) is 0 Å². The maximum Gasteiger partial charge on any atom is 0.338 e. The largest absolute Gasteiger partial charge is 0.457 e. The van der Waals surface area contributed by atoms with Gasteiger partial charge < -0.3 is 14.8 Å². The third-order valence-electron chi connectivity index (χ3n) is 3.19. The summed E-state index contributed by atoms with van der Waals surface area (Å²) >= 11 is 0. The van der Waals surface area contributed by atoms with Crippen molar-refractivity contribution in [1.82, 2.24) is 10.6 Å². The highest BCUT2D eigenvalue weighted by molar-refractivity contribution is 5.98. The lowest BCUT2D eigenvalue weighted by Gasteiger charge is -2.13. The molecule has 0 aliphatic heterocycles. The maximum atomic E-state index is 12.0. The molecule has 1 atom stereocenters. The van der Waals surface area contributed by atoms with E-state index in [1.54, 1.807) is 12.1 Å². The number of para-hydroxylation sites is 1. The summed E-state index contributed by atoms with van der Waals surface area (Å²) < 4.78 is 10.7. The molecule has 0 heterocycles. The molecule has 0 fully saturated rings. The molecule has 3 amide bonds. The summed E-state index contributed by atoms with van der Waals surface area (Å²) in [4.78, 5) is 34.8. The first kappa shape index (κ1) is 18.0. The molecule has 25 heavy (non-hydrogen) atoms. The topological polar surface area (TPSA) is 93.7 Å². The molecular formula is C18H18N2O5. The summed E-state index contributed by atoms with van der Waals surface area (Å²) in [5, 5.41) is 4.27. The van der Waals surface area contributed by atoms with Crippen molar-refractivity contribution >= 4 is 17.9 Å². The van der Waals surface area contributed by atoms with Crippen LogP contribution in [0.2, 0.25) is 0 Å². The predicted octanol–water partition coefficient (Wildman–Crippen LogP) is 2.48. The standard InChI is InChI=1S/C18H18N2O5/c1-12(16(21)20-18(23)19-2)24-17(22)13-8-10-15(11-9-13)25-14-6-4-3-5-7-14/h3-12H,1-2H3,(H2,19,20,21,23)/t12-/m0/s1. The molecule has 0 saturated heterocycles.